The Morgan fingerprint density at radius 2 is 1.08 bits per heavy atom. The molecule has 0 aliphatic carbocycles. The van der Waals surface area contributed by atoms with E-state index in [1.807, 2.05) is 0 Å². The number of hydrogen-bond donors (Lipinski definition) is 15. The average Bonchev–Trinajstić information content (AvgIpc) is 3.82. The van der Waals surface area contributed by atoms with Crippen LogP contribution in [0.15, 0.2) is 0 Å². The van der Waals surface area contributed by atoms with Crippen LogP contribution in [0.3, 0.4) is 0 Å². The summed E-state index contributed by atoms with van der Waals surface area (Å²) in [6.07, 6.45) is -3.08. The maximum atomic E-state index is 14.0. The number of aliphatic hydroxyl groups excluding tert-OH is 2. The van der Waals surface area contributed by atoms with Crippen LogP contribution in [0.25, 0.3) is 0 Å². The average molecular weight is 1060 g/mol. The molecule has 0 saturated carbocycles. The topological polar surface area (TPSA) is 486 Å². The molecule has 0 radical (unpaired) electrons. The number of carboxylic acid groups (broad SMARTS) is 1. The number of amides is 12. The summed E-state index contributed by atoms with van der Waals surface area (Å²) in [7, 11) is 0. The third-order valence-corrected chi connectivity index (χ3v) is 12.2. The number of nitrogens with one attached hydrogen (secondary N) is 8. The lowest BCUT2D eigenvalue weighted by Gasteiger charge is -2.30. The number of rotatable bonds is 33. The molecule has 0 aromatic rings. The van der Waals surface area contributed by atoms with Crippen LogP contribution in [0.2, 0.25) is 0 Å². The summed E-state index contributed by atoms with van der Waals surface area (Å²) < 4.78 is 0. The Morgan fingerprint density at radius 3 is 1.54 bits per heavy atom. The van der Waals surface area contributed by atoms with Gasteiger partial charge in [-0.25, -0.2) is 4.79 Å². The predicted molar refractivity (Wildman–Crippen MR) is 260 cm³/mol. The number of carbonyl (C=O) groups is 13. The number of carboxylic acids is 1. The fourth-order valence-electron chi connectivity index (χ4n) is 7.55. The van der Waals surface area contributed by atoms with Crippen molar-refractivity contribution in [1.29, 1.82) is 0 Å². The fourth-order valence-corrected chi connectivity index (χ4v) is 7.55. The number of carbonyl (C=O) groups excluding carboxylic acids is 12. The Labute approximate surface area is 428 Å². The van der Waals surface area contributed by atoms with Crippen LogP contribution in [-0.2, 0) is 62.3 Å². The minimum Gasteiger partial charge on any atom is -0.480 e. The summed E-state index contributed by atoms with van der Waals surface area (Å²) in [5, 5.41) is 48.3. The van der Waals surface area contributed by atoms with Gasteiger partial charge in [0, 0.05) is 13.0 Å². The SMILES string of the molecule is CC[C@H](C)[C@H](NC(=O)[C@H](CC(N)=O)NC(=O)[C@H](CCC(N)=O)NC(=O)[C@@H](NC(=O)[C@@H](NC(=O)CNC(=O)[C@H](CC(N)=O)NC(=O)[C@@H]1CCCN1C(=O)[C@@H](N)CO)[C@@H](C)O)[C@@H](C)CC)C(=O)N[C@@H](CC(C)C)C(=O)O. The second-order valence-corrected chi connectivity index (χ2v) is 18.8. The molecule has 19 N–H and O–H groups in total. The van der Waals surface area contributed by atoms with Crippen molar-refractivity contribution in [2.24, 2.45) is 40.7 Å². The summed E-state index contributed by atoms with van der Waals surface area (Å²) in [6, 6.07) is -13.5. The Morgan fingerprint density at radius 1 is 0.608 bits per heavy atom. The molecule has 0 spiro atoms. The highest BCUT2D eigenvalue weighted by atomic mass is 16.4. The van der Waals surface area contributed by atoms with E-state index in [1.165, 1.54) is 6.92 Å². The normalized spacial score (nSPS) is 17.7. The van der Waals surface area contributed by atoms with E-state index in [0.717, 1.165) is 11.8 Å². The zero-order valence-corrected chi connectivity index (χ0v) is 42.9. The lowest BCUT2D eigenvalue weighted by Crippen LogP contribution is -2.62. The first kappa shape index (κ1) is 65.0. The van der Waals surface area contributed by atoms with Gasteiger partial charge in [0.1, 0.15) is 54.4 Å². The monoisotopic (exact) mass is 1060 g/mol. The van der Waals surface area contributed by atoms with Crippen molar-refractivity contribution in [1.82, 2.24) is 47.4 Å². The van der Waals surface area contributed by atoms with E-state index in [9.17, 15) is 77.6 Å². The fraction of sp³-hybridized carbons (Fsp3) is 0.711. The van der Waals surface area contributed by atoms with E-state index in [4.69, 9.17) is 22.9 Å². The molecule has 1 saturated heterocycles. The molecule has 0 unspecified atom stereocenters. The van der Waals surface area contributed by atoms with Crippen molar-refractivity contribution < 1.29 is 77.6 Å². The molecule has 1 aliphatic heterocycles. The Kier molecular flexibility index (Phi) is 27.7. The Balaban J connectivity index is 3.30. The van der Waals surface area contributed by atoms with Gasteiger partial charge in [0.15, 0.2) is 0 Å². The van der Waals surface area contributed by atoms with Gasteiger partial charge in [0.2, 0.25) is 70.9 Å². The summed E-state index contributed by atoms with van der Waals surface area (Å²) in [5.41, 5.74) is 21.7. The van der Waals surface area contributed by atoms with Gasteiger partial charge in [-0.2, -0.15) is 0 Å². The quantitative estimate of drug-likeness (QED) is 0.0291. The van der Waals surface area contributed by atoms with E-state index < -0.39 is 188 Å². The second kappa shape index (κ2) is 31.6. The second-order valence-electron chi connectivity index (χ2n) is 18.8. The maximum Gasteiger partial charge on any atom is 0.326 e. The number of nitrogens with two attached hydrogens (primary N) is 4. The maximum absolute atomic E-state index is 14.0. The molecule has 418 valence electrons. The van der Waals surface area contributed by atoms with E-state index in [0.29, 0.717) is 12.8 Å². The zero-order chi connectivity index (χ0) is 56.7. The van der Waals surface area contributed by atoms with Crippen molar-refractivity contribution in [3.8, 4) is 0 Å². The van der Waals surface area contributed by atoms with Crippen molar-refractivity contribution >= 4 is 76.9 Å². The lowest BCUT2D eigenvalue weighted by molar-refractivity contribution is -0.143. The first-order valence-corrected chi connectivity index (χ1v) is 24.3. The van der Waals surface area contributed by atoms with Gasteiger partial charge in [-0.05, 0) is 50.4 Å². The highest BCUT2D eigenvalue weighted by Crippen LogP contribution is 2.19. The van der Waals surface area contributed by atoms with Crippen LogP contribution in [0.4, 0.5) is 0 Å². The van der Waals surface area contributed by atoms with Crippen LogP contribution in [-0.4, -0.2) is 177 Å². The minimum atomic E-state index is -1.80. The number of primary amides is 3. The largest absolute Gasteiger partial charge is 0.480 e. The van der Waals surface area contributed by atoms with E-state index >= 15 is 0 Å². The molecule has 0 aromatic carbocycles. The van der Waals surface area contributed by atoms with Crippen LogP contribution in [0.5, 0.6) is 0 Å². The number of nitrogens with zero attached hydrogens (tertiary/aromatic N) is 1. The van der Waals surface area contributed by atoms with Gasteiger partial charge in [-0.15, -0.1) is 0 Å². The highest BCUT2D eigenvalue weighted by Gasteiger charge is 2.40. The van der Waals surface area contributed by atoms with Gasteiger partial charge in [0.25, 0.3) is 0 Å². The molecule has 1 fully saturated rings. The summed E-state index contributed by atoms with van der Waals surface area (Å²) in [6.45, 7) is 9.60. The molecule has 1 aliphatic rings. The predicted octanol–water partition coefficient (Wildman–Crippen LogP) is -6.57. The molecule has 12 atom stereocenters. The Bertz CT molecular complexity index is 2040. The minimum absolute atomic E-state index is 0.0620. The van der Waals surface area contributed by atoms with Gasteiger partial charge in [0.05, 0.1) is 32.1 Å². The summed E-state index contributed by atoms with van der Waals surface area (Å²) >= 11 is 0. The summed E-state index contributed by atoms with van der Waals surface area (Å²) in [4.78, 5) is 170. The molecule has 1 rings (SSSR count). The Hall–Kier alpha value is -7.01. The molecule has 74 heavy (non-hydrogen) atoms. The van der Waals surface area contributed by atoms with Gasteiger partial charge >= 0.3 is 5.97 Å². The first-order chi connectivity index (χ1) is 34.5. The van der Waals surface area contributed by atoms with Crippen molar-refractivity contribution in [3.05, 3.63) is 0 Å². The number of aliphatic hydroxyl groups is 2. The molecule has 1 heterocycles. The third kappa shape index (κ3) is 21.6. The van der Waals surface area contributed by atoms with Gasteiger partial charge in [-0.1, -0.05) is 54.4 Å². The van der Waals surface area contributed by atoms with Crippen molar-refractivity contribution in [2.45, 2.75) is 167 Å². The van der Waals surface area contributed by atoms with Crippen LogP contribution in [0, 0.1) is 17.8 Å². The summed E-state index contributed by atoms with van der Waals surface area (Å²) in [5.74, 6) is -14.8. The molecule has 12 amide bonds. The van der Waals surface area contributed by atoms with E-state index in [2.05, 4.69) is 42.5 Å². The van der Waals surface area contributed by atoms with Crippen molar-refractivity contribution in [2.75, 3.05) is 19.7 Å². The lowest BCUT2D eigenvalue weighted by atomic mass is 9.96. The van der Waals surface area contributed by atoms with E-state index in [-0.39, 0.29) is 31.7 Å². The number of hydrogen-bond acceptors (Lipinski definition) is 16. The standard InChI is InChI=1S/C45H77N13O16/c1-8-21(5)34(42(70)54-28(45(73)74)15-20(3)4)56-39(67)27(17-32(49)63)52-38(66)25(12-13-30(47)61)51-41(69)35(22(6)9-2)57-43(71)36(23(7)60)55-33(64)18-50-37(65)26(16-31(48)62)53-40(68)29-11-10-14-58(29)44(72)24(46)19-59/h20-29,34-36,59-60H,8-19,46H2,1-7H3,(H2,47,61)(H2,48,62)(H2,49,63)(H,50,65)(H,51,69)(H,52,66)(H,53,68)(H,54,70)(H,55,64)(H,56,67)(H,57,71)(H,73,74)/t21-,22-,23+,24-,25-,26-,27-,28-,29-,34-,35-,36-/m0/s1. The van der Waals surface area contributed by atoms with Crippen LogP contribution < -0.4 is 65.5 Å². The zero-order valence-electron chi connectivity index (χ0n) is 42.9. The third-order valence-electron chi connectivity index (χ3n) is 12.2. The molecular formula is C45H77N13O16. The van der Waals surface area contributed by atoms with Crippen LogP contribution >= 0.6 is 0 Å². The molecule has 0 aromatic heterocycles. The van der Waals surface area contributed by atoms with Gasteiger partial charge in [-0.3, -0.25) is 57.5 Å². The molecular weight excluding hydrogens is 979 g/mol. The highest BCUT2D eigenvalue weighted by molar-refractivity contribution is 6.00. The number of likely N-dealkylation sites (tertiary alicyclic amines) is 1. The molecule has 0 bridgehead atoms. The first-order valence-electron chi connectivity index (χ1n) is 24.3. The van der Waals surface area contributed by atoms with Crippen molar-refractivity contribution in [3.63, 3.8) is 0 Å². The van der Waals surface area contributed by atoms with Crippen LogP contribution in [0.1, 0.15) is 106 Å². The van der Waals surface area contributed by atoms with Gasteiger partial charge < -0.3 is 85.7 Å². The number of aliphatic carboxylic acids is 1. The smallest absolute Gasteiger partial charge is 0.326 e. The van der Waals surface area contributed by atoms with E-state index in [1.54, 1.807) is 34.6 Å². The molecule has 29 nitrogen and oxygen atoms in total. The molecule has 29 heteroatoms.